The second-order valence-electron chi connectivity index (χ2n) is 6.39. The van der Waals surface area contributed by atoms with Crippen molar-refractivity contribution in [2.75, 3.05) is 0 Å². The SMILES string of the molecule is CCCCCc1ccc(OC(=O)C(C)C)c(OC(=O)C(C)C)c1. The topological polar surface area (TPSA) is 52.6 Å². The normalized spacial score (nSPS) is 10.9. The molecule has 0 aliphatic carbocycles. The highest BCUT2D eigenvalue weighted by molar-refractivity contribution is 5.78. The molecule has 0 saturated carbocycles. The Labute approximate surface area is 139 Å². The van der Waals surface area contributed by atoms with Gasteiger partial charge in [-0.05, 0) is 30.5 Å². The van der Waals surface area contributed by atoms with Crippen molar-refractivity contribution < 1.29 is 19.1 Å². The second kappa shape index (κ2) is 9.33. The lowest BCUT2D eigenvalue weighted by Gasteiger charge is -2.14. The van der Waals surface area contributed by atoms with E-state index in [4.69, 9.17) is 9.47 Å². The van der Waals surface area contributed by atoms with E-state index in [1.165, 1.54) is 0 Å². The van der Waals surface area contributed by atoms with Crippen molar-refractivity contribution in [3.8, 4) is 11.5 Å². The molecule has 0 aromatic heterocycles. The summed E-state index contributed by atoms with van der Waals surface area (Å²) < 4.78 is 10.8. The summed E-state index contributed by atoms with van der Waals surface area (Å²) in [7, 11) is 0. The molecule has 0 fully saturated rings. The Morgan fingerprint density at radius 2 is 1.48 bits per heavy atom. The molecule has 1 aromatic rings. The van der Waals surface area contributed by atoms with Gasteiger partial charge in [0, 0.05) is 0 Å². The van der Waals surface area contributed by atoms with Gasteiger partial charge in [-0.3, -0.25) is 9.59 Å². The van der Waals surface area contributed by atoms with Gasteiger partial charge < -0.3 is 9.47 Å². The number of benzene rings is 1. The molecule has 0 radical (unpaired) electrons. The zero-order chi connectivity index (χ0) is 17.4. The maximum absolute atomic E-state index is 11.9. The van der Waals surface area contributed by atoms with Crippen molar-refractivity contribution in [1.29, 1.82) is 0 Å². The van der Waals surface area contributed by atoms with Gasteiger partial charge in [-0.2, -0.15) is 0 Å². The maximum atomic E-state index is 11.9. The van der Waals surface area contributed by atoms with Crippen molar-refractivity contribution in [2.45, 2.75) is 60.3 Å². The van der Waals surface area contributed by atoms with Crippen LogP contribution < -0.4 is 9.47 Å². The van der Waals surface area contributed by atoms with Gasteiger partial charge in [-0.25, -0.2) is 0 Å². The third-order valence-electron chi connectivity index (χ3n) is 3.44. The minimum atomic E-state index is -0.342. The van der Waals surface area contributed by atoms with E-state index in [2.05, 4.69) is 6.92 Å². The highest BCUT2D eigenvalue weighted by Crippen LogP contribution is 2.30. The molecule has 128 valence electrons. The fourth-order valence-electron chi connectivity index (χ4n) is 1.90. The van der Waals surface area contributed by atoms with E-state index in [0.29, 0.717) is 11.5 Å². The summed E-state index contributed by atoms with van der Waals surface area (Å²) in [5.74, 6) is -0.535. The quantitative estimate of drug-likeness (QED) is 0.401. The molecule has 0 saturated heterocycles. The Morgan fingerprint density at radius 1 is 0.913 bits per heavy atom. The molecule has 1 aromatic carbocycles. The first-order chi connectivity index (χ1) is 10.8. The average molecular weight is 320 g/mol. The van der Waals surface area contributed by atoms with E-state index >= 15 is 0 Å². The summed E-state index contributed by atoms with van der Waals surface area (Å²) in [6.45, 7) is 9.23. The molecule has 0 atom stereocenters. The molecule has 0 N–H and O–H groups in total. The van der Waals surface area contributed by atoms with Gasteiger partial charge in [0.15, 0.2) is 11.5 Å². The van der Waals surface area contributed by atoms with E-state index in [1.54, 1.807) is 39.8 Å². The number of hydrogen-bond donors (Lipinski definition) is 0. The number of carbonyl (C=O) groups is 2. The van der Waals surface area contributed by atoms with Gasteiger partial charge in [0.1, 0.15) is 0 Å². The molecule has 4 nitrogen and oxygen atoms in total. The predicted molar refractivity (Wildman–Crippen MR) is 90.6 cm³/mol. The molecule has 4 heteroatoms. The molecule has 23 heavy (non-hydrogen) atoms. The Kier molecular flexibility index (Phi) is 7.79. The molecular formula is C19H28O4. The minimum Gasteiger partial charge on any atom is -0.422 e. The van der Waals surface area contributed by atoms with Crippen LogP contribution in [0.3, 0.4) is 0 Å². The lowest BCUT2D eigenvalue weighted by atomic mass is 10.1. The Hall–Kier alpha value is -1.84. The standard InChI is InChI=1S/C19H28O4/c1-6-7-8-9-15-10-11-16(22-18(20)13(2)3)17(12-15)23-19(21)14(4)5/h10-14H,6-9H2,1-5H3. The van der Waals surface area contributed by atoms with E-state index < -0.39 is 0 Å². The van der Waals surface area contributed by atoms with E-state index in [9.17, 15) is 9.59 Å². The molecule has 0 aliphatic rings. The molecule has 0 bridgehead atoms. The van der Waals surface area contributed by atoms with E-state index in [0.717, 1.165) is 31.2 Å². The van der Waals surface area contributed by atoms with Gasteiger partial charge in [0.25, 0.3) is 0 Å². The van der Waals surface area contributed by atoms with Crippen LogP contribution in [0.2, 0.25) is 0 Å². The van der Waals surface area contributed by atoms with Crippen molar-refractivity contribution in [1.82, 2.24) is 0 Å². The third-order valence-corrected chi connectivity index (χ3v) is 3.44. The van der Waals surface area contributed by atoms with Crippen LogP contribution in [0.4, 0.5) is 0 Å². The van der Waals surface area contributed by atoms with Crippen LogP contribution in [-0.2, 0) is 16.0 Å². The van der Waals surface area contributed by atoms with Crippen LogP contribution in [-0.4, -0.2) is 11.9 Å². The fraction of sp³-hybridized carbons (Fsp3) is 0.579. The summed E-state index contributed by atoms with van der Waals surface area (Å²) >= 11 is 0. The van der Waals surface area contributed by atoms with Crippen LogP contribution in [0.15, 0.2) is 18.2 Å². The van der Waals surface area contributed by atoms with Crippen LogP contribution >= 0.6 is 0 Å². The molecule has 1 rings (SSSR count). The number of unbranched alkanes of at least 4 members (excludes halogenated alkanes) is 2. The van der Waals surface area contributed by atoms with Crippen LogP contribution in [0.25, 0.3) is 0 Å². The van der Waals surface area contributed by atoms with Crippen molar-refractivity contribution in [3.63, 3.8) is 0 Å². The van der Waals surface area contributed by atoms with Gasteiger partial charge in [0.05, 0.1) is 11.8 Å². The lowest BCUT2D eigenvalue weighted by Crippen LogP contribution is -2.18. The van der Waals surface area contributed by atoms with Crippen molar-refractivity contribution >= 4 is 11.9 Å². The number of ether oxygens (including phenoxy) is 2. The average Bonchev–Trinajstić information content (AvgIpc) is 2.49. The van der Waals surface area contributed by atoms with Gasteiger partial charge in [-0.15, -0.1) is 0 Å². The second-order valence-corrected chi connectivity index (χ2v) is 6.39. The Bertz CT molecular complexity index is 532. The molecule has 0 amide bonds. The number of rotatable bonds is 8. The number of aryl methyl sites for hydroxylation is 1. The lowest BCUT2D eigenvalue weighted by molar-refractivity contribution is -0.140. The van der Waals surface area contributed by atoms with Crippen molar-refractivity contribution in [3.05, 3.63) is 23.8 Å². The number of esters is 2. The first-order valence-electron chi connectivity index (χ1n) is 8.41. The summed E-state index contributed by atoms with van der Waals surface area (Å²) in [4.78, 5) is 23.7. The first-order valence-corrected chi connectivity index (χ1v) is 8.41. The van der Waals surface area contributed by atoms with Gasteiger partial charge >= 0.3 is 11.9 Å². The Balaban J connectivity index is 2.98. The predicted octanol–water partition coefficient (Wildman–Crippen LogP) is 4.54. The number of carbonyl (C=O) groups excluding carboxylic acids is 2. The van der Waals surface area contributed by atoms with E-state index in [-0.39, 0.29) is 23.8 Å². The highest BCUT2D eigenvalue weighted by Gasteiger charge is 2.18. The smallest absolute Gasteiger partial charge is 0.313 e. The number of hydrogen-bond acceptors (Lipinski definition) is 4. The monoisotopic (exact) mass is 320 g/mol. The minimum absolute atomic E-state index is 0.243. The van der Waals surface area contributed by atoms with Gasteiger partial charge in [0.2, 0.25) is 0 Å². The molecule has 0 aliphatic heterocycles. The van der Waals surface area contributed by atoms with Crippen LogP contribution in [0.5, 0.6) is 11.5 Å². The summed E-state index contributed by atoms with van der Waals surface area (Å²) in [5, 5.41) is 0. The van der Waals surface area contributed by atoms with Crippen molar-refractivity contribution in [2.24, 2.45) is 11.8 Å². The maximum Gasteiger partial charge on any atom is 0.313 e. The van der Waals surface area contributed by atoms with E-state index in [1.807, 2.05) is 6.07 Å². The molecule has 0 spiro atoms. The van der Waals surface area contributed by atoms with Crippen LogP contribution in [0, 0.1) is 11.8 Å². The Morgan fingerprint density at radius 3 is 2.00 bits per heavy atom. The highest BCUT2D eigenvalue weighted by atomic mass is 16.6. The summed E-state index contributed by atoms with van der Waals surface area (Å²) in [6, 6.07) is 5.44. The molecule has 0 unspecified atom stereocenters. The first kappa shape index (κ1) is 19.2. The van der Waals surface area contributed by atoms with Crippen LogP contribution in [0.1, 0.15) is 59.4 Å². The fourth-order valence-corrected chi connectivity index (χ4v) is 1.90. The molecular weight excluding hydrogens is 292 g/mol. The molecule has 0 heterocycles. The van der Waals surface area contributed by atoms with Gasteiger partial charge in [-0.1, -0.05) is 53.5 Å². The third kappa shape index (κ3) is 6.43. The summed E-state index contributed by atoms with van der Waals surface area (Å²) in [5.41, 5.74) is 1.08. The zero-order valence-electron chi connectivity index (χ0n) is 14.8. The largest absolute Gasteiger partial charge is 0.422 e. The zero-order valence-corrected chi connectivity index (χ0v) is 14.8. The summed E-state index contributed by atoms with van der Waals surface area (Å²) in [6.07, 6.45) is 4.31.